The van der Waals surface area contributed by atoms with Crippen LogP contribution in [0.4, 0.5) is 9.59 Å². The fourth-order valence-electron chi connectivity index (χ4n) is 5.50. The van der Waals surface area contributed by atoms with Crippen LogP contribution in [-0.4, -0.2) is 22.0 Å². The summed E-state index contributed by atoms with van der Waals surface area (Å²) in [5.41, 5.74) is 6.25. The summed E-state index contributed by atoms with van der Waals surface area (Å²) in [5, 5.41) is 0. The molecule has 6 aromatic carbocycles. The molecule has 2 amide bonds. The summed E-state index contributed by atoms with van der Waals surface area (Å²) in [6, 6.07) is 54.7. The second kappa shape index (κ2) is 16.6. The lowest BCUT2D eigenvalue weighted by Crippen LogP contribution is -2.32. The Bertz CT molecular complexity index is 1670. The molecule has 0 bridgehead atoms. The Morgan fingerprint density at radius 2 is 0.612 bits per heavy atom. The predicted molar refractivity (Wildman–Crippen MR) is 192 cm³/mol. The van der Waals surface area contributed by atoms with E-state index in [1.807, 2.05) is 170 Å². The second-order valence-electron chi connectivity index (χ2n) is 11.9. The number of benzene rings is 6. The molecule has 6 nitrogen and oxygen atoms in total. The molecule has 0 aliphatic carbocycles. The molecule has 0 atom stereocenters. The third-order valence-corrected chi connectivity index (χ3v) is 8.05. The normalized spacial score (nSPS) is 10.6. The highest BCUT2D eigenvalue weighted by Crippen LogP contribution is 2.21. The number of nitrogens with zero attached hydrogens (tertiary/aromatic N) is 2. The van der Waals surface area contributed by atoms with Crippen molar-refractivity contribution in [3.8, 4) is 11.5 Å². The predicted octanol–water partition coefficient (Wildman–Crippen LogP) is 9.68. The van der Waals surface area contributed by atoms with Crippen molar-refractivity contribution in [2.24, 2.45) is 0 Å². The highest BCUT2D eigenvalue weighted by Gasteiger charge is 2.19. The Labute approximate surface area is 287 Å². The van der Waals surface area contributed by atoms with Gasteiger partial charge in [-0.05, 0) is 64.1 Å². The molecule has 0 N–H and O–H groups in total. The number of carbonyl (C=O) groups excluding carboxylic acids is 2. The van der Waals surface area contributed by atoms with E-state index in [0.717, 1.165) is 33.4 Å². The summed E-state index contributed by atoms with van der Waals surface area (Å²) in [7, 11) is 0. The molecule has 0 saturated carbocycles. The van der Waals surface area contributed by atoms with E-state index in [2.05, 4.69) is 0 Å². The third kappa shape index (κ3) is 9.92. The minimum Gasteiger partial charge on any atom is -0.410 e. The van der Waals surface area contributed by atoms with Crippen LogP contribution in [0.15, 0.2) is 170 Å². The Hall–Kier alpha value is -6.14. The van der Waals surface area contributed by atoms with Crippen LogP contribution in [0.25, 0.3) is 0 Å². The molecular weight excluding hydrogens is 608 g/mol. The van der Waals surface area contributed by atoms with Gasteiger partial charge < -0.3 is 9.47 Å². The van der Waals surface area contributed by atoms with Crippen molar-refractivity contribution in [1.82, 2.24) is 9.80 Å². The summed E-state index contributed by atoms with van der Waals surface area (Å²) < 4.78 is 11.6. The van der Waals surface area contributed by atoms with Gasteiger partial charge in [-0.25, -0.2) is 9.59 Å². The first-order valence-corrected chi connectivity index (χ1v) is 16.3. The van der Waals surface area contributed by atoms with Crippen LogP contribution in [0.1, 0.15) is 33.4 Å². The lowest BCUT2D eigenvalue weighted by Gasteiger charge is -2.22. The van der Waals surface area contributed by atoms with Gasteiger partial charge in [0.05, 0.1) is 0 Å². The Morgan fingerprint density at radius 1 is 0.347 bits per heavy atom. The first-order valence-electron chi connectivity index (χ1n) is 16.3. The van der Waals surface area contributed by atoms with Crippen LogP contribution in [-0.2, 0) is 32.6 Å². The lowest BCUT2D eigenvalue weighted by molar-refractivity contribution is 0.145. The molecule has 0 radical (unpaired) electrons. The third-order valence-electron chi connectivity index (χ3n) is 8.05. The summed E-state index contributed by atoms with van der Waals surface area (Å²) >= 11 is 0. The van der Waals surface area contributed by atoms with Gasteiger partial charge in [0.1, 0.15) is 11.5 Å². The molecule has 0 unspecified atom stereocenters. The maximum Gasteiger partial charge on any atom is 0.415 e. The van der Waals surface area contributed by atoms with Gasteiger partial charge in [-0.1, -0.05) is 146 Å². The summed E-state index contributed by atoms with van der Waals surface area (Å²) in [4.78, 5) is 30.0. The minimum absolute atomic E-state index is 0.406. The molecule has 6 rings (SSSR count). The number of carbonyl (C=O) groups is 2. The van der Waals surface area contributed by atoms with Crippen LogP contribution in [0, 0.1) is 0 Å². The molecule has 0 aliphatic heterocycles. The number of ether oxygens (including phenoxy) is 2. The van der Waals surface area contributed by atoms with Gasteiger partial charge in [-0.2, -0.15) is 0 Å². The number of hydrogen-bond donors (Lipinski definition) is 0. The smallest absolute Gasteiger partial charge is 0.410 e. The molecule has 6 heteroatoms. The van der Waals surface area contributed by atoms with Crippen molar-refractivity contribution >= 4 is 12.2 Å². The van der Waals surface area contributed by atoms with E-state index in [4.69, 9.17) is 9.47 Å². The fourth-order valence-corrected chi connectivity index (χ4v) is 5.50. The van der Waals surface area contributed by atoms with Crippen LogP contribution in [0.5, 0.6) is 11.5 Å². The van der Waals surface area contributed by atoms with E-state index in [1.54, 1.807) is 9.80 Å². The zero-order valence-corrected chi connectivity index (χ0v) is 27.2. The van der Waals surface area contributed by atoms with Crippen molar-refractivity contribution in [1.29, 1.82) is 0 Å². The van der Waals surface area contributed by atoms with Crippen molar-refractivity contribution in [3.05, 3.63) is 203 Å². The largest absolute Gasteiger partial charge is 0.415 e. The molecular formula is C43H38N2O4. The highest BCUT2D eigenvalue weighted by atomic mass is 16.6. The average molecular weight is 647 g/mol. The van der Waals surface area contributed by atoms with E-state index in [-0.39, 0.29) is 0 Å². The molecule has 49 heavy (non-hydrogen) atoms. The minimum atomic E-state index is -0.406. The van der Waals surface area contributed by atoms with Crippen molar-refractivity contribution < 1.29 is 19.1 Å². The second-order valence-corrected chi connectivity index (χ2v) is 11.9. The van der Waals surface area contributed by atoms with Gasteiger partial charge in [-0.3, -0.25) is 9.80 Å². The van der Waals surface area contributed by atoms with Crippen LogP contribution < -0.4 is 9.47 Å². The van der Waals surface area contributed by atoms with Crippen LogP contribution in [0.3, 0.4) is 0 Å². The lowest BCUT2D eigenvalue weighted by atomic mass is 10.0. The zero-order valence-electron chi connectivity index (χ0n) is 27.2. The van der Waals surface area contributed by atoms with Gasteiger partial charge in [0.15, 0.2) is 0 Å². The summed E-state index contributed by atoms with van der Waals surface area (Å²) in [6.45, 7) is 1.76. The SMILES string of the molecule is O=C(Oc1ccc(Cc2ccc(OC(=O)N(Cc3ccccc3)Cc3ccccc3)cc2)cc1)N(Cc1ccccc1)Cc1ccccc1. The van der Waals surface area contributed by atoms with Crippen LogP contribution >= 0.6 is 0 Å². The van der Waals surface area contributed by atoms with E-state index in [0.29, 0.717) is 44.1 Å². The molecule has 6 aromatic rings. The zero-order chi connectivity index (χ0) is 33.7. The van der Waals surface area contributed by atoms with Gasteiger partial charge in [0.2, 0.25) is 0 Å². The summed E-state index contributed by atoms with van der Waals surface area (Å²) in [5.74, 6) is 0.968. The van der Waals surface area contributed by atoms with E-state index >= 15 is 0 Å². The molecule has 0 fully saturated rings. The van der Waals surface area contributed by atoms with E-state index in [1.165, 1.54) is 0 Å². The Kier molecular flexibility index (Phi) is 11.1. The topological polar surface area (TPSA) is 59.1 Å². The van der Waals surface area contributed by atoms with Crippen molar-refractivity contribution in [2.45, 2.75) is 32.6 Å². The number of rotatable bonds is 12. The molecule has 0 saturated heterocycles. The monoisotopic (exact) mass is 646 g/mol. The van der Waals surface area contributed by atoms with E-state index < -0.39 is 12.2 Å². The first kappa shape index (κ1) is 32.8. The fraction of sp³-hybridized carbons (Fsp3) is 0.116. The maximum atomic E-state index is 13.3. The molecule has 0 heterocycles. The van der Waals surface area contributed by atoms with Crippen molar-refractivity contribution in [2.75, 3.05) is 0 Å². The molecule has 0 aliphatic rings. The molecule has 0 spiro atoms. The standard InChI is InChI=1S/C43H38N2O4/c46-42(44(30-36-13-5-1-6-14-36)31-37-15-7-2-8-16-37)48-40-25-21-34(22-26-40)29-35-23-27-41(28-24-35)49-43(47)45(32-38-17-9-3-10-18-38)33-39-19-11-4-12-20-39/h1-28H,29-33H2. The van der Waals surface area contributed by atoms with Gasteiger partial charge in [0.25, 0.3) is 0 Å². The maximum absolute atomic E-state index is 13.3. The quantitative estimate of drug-likeness (QED) is 0.133. The van der Waals surface area contributed by atoms with Gasteiger partial charge >= 0.3 is 12.2 Å². The molecule has 244 valence electrons. The Morgan fingerprint density at radius 3 is 0.878 bits per heavy atom. The van der Waals surface area contributed by atoms with Gasteiger partial charge in [-0.15, -0.1) is 0 Å². The number of amides is 2. The van der Waals surface area contributed by atoms with Gasteiger partial charge in [0, 0.05) is 26.2 Å². The number of hydrogen-bond acceptors (Lipinski definition) is 4. The van der Waals surface area contributed by atoms with Crippen molar-refractivity contribution in [3.63, 3.8) is 0 Å². The Balaban J connectivity index is 1.05. The summed E-state index contributed by atoms with van der Waals surface area (Å²) in [6.07, 6.45) is -0.140. The molecule has 0 aromatic heterocycles. The first-order chi connectivity index (χ1) is 24.1. The highest BCUT2D eigenvalue weighted by molar-refractivity contribution is 5.71. The van der Waals surface area contributed by atoms with Crippen LogP contribution in [0.2, 0.25) is 0 Å². The average Bonchev–Trinajstić information content (AvgIpc) is 3.14. The van der Waals surface area contributed by atoms with E-state index in [9.17, 15) is 9.59 Å².